The Hall–Kier alpha value is -1.75. The predicted molar refractivity (Wildman–Crippen MR) is 66.7 cm³/mol. The van der Waals surface area contributed by atoms with Crippen molar-refractivity contribution in [2.24, 2.45) is 0 Å². The van der Waals surface area contributed by atoms with Crippen LogP contribution in [0.4, 0.5) is 5.69 Å². The van der Waals surface area contributed by atoms with Gasteiger partial charge in [-0.25, -0.2) is 0 Å². The van der Waals surface area contributed by atoms with E-state index in [0.29, 0.717) is 6.54 Å². The molecule has 1 aromatic rings. The van der Waals surface area contributed by atoms with Crippen LogP contribution in [0.15, 0.2) is 18.2 Å². The molecule has 0 aliphatic carbocycles. The number of carboxylic acid groups (broad SMARTS) is 1. The highest BCUT2D eigenvalue weighted by Crippen LogP contribution is 2.27. The molecule has 5 heteroatoms. The Morgan fingerprint density at radius 2 is 2.18 bits per heavy atom. The topological polar surface area (TPSA) is 61.8 Å². The van der Waals surface area contributed by atoms with E-state index in [1.807, 2.05) is 37.2 Å². The molecule has 0 saturated carbocycles. The summed E-state index contributed by atoms with van der Waals surface area (Å²) in [6, 6.07) is 5.81. The highest BCUT2D eigenvalue weighted by atomic mass is 16.5. The van der Waals surface area contributed by atoms with E-state index < -0.39 is 5.97 Å². The number of ether oxygens (including phenoxy) is 1. The molecule has 0 bridgehead atoms. The van der Waals surface area contributed by atoms with Crippen LogP contribution in [0.25, 0.3) is 0 Å². The molecule has 2 N–H and O–H groups in total. The van der Waals surface area contributed by atoms with Gasteiger partial charge in [0.1, 0.15) is 5.75 Å². The van der Waals surface area contributed by atoms with Gasteiger partial charge in [0, 0.05) is 20.6 Å². The molecule has 0 aliphatic heterocycles. The number of nitrogens with one attached hydrogen (secondary N) is 1. The summed E-state index contributed by atoms with van der Waals surface area (Å²) in [6.07, 6.45) is 0. The summed E-state index contributed by atoms with van der Waals surface area (Å²) >= 11 is 0. The molecule has 0 fully saturated rings. The molecule has 0 heterocycles. The quantitative estimate of drug-likeness (QED) is 0.772. The molecule has 0 spiro atoms. The van der Waals surface area contributed by atoms with Crippen molar-refractivity contribution in [3.8, 4) is 5.75 Å². The van der Waals surface area contributed by atoms with Gasteiger partial charge in [0.15, 0.2) is 0 Å². The molecule has 0 unspecified atom stereocenters. The van der Waals surface area contributed by atoms with Crippen LogP contribution in [0.5, 0.6) is 5.75 Å². The highest BCUT2D eigenvalue weighted by molar-refractivity contribution is 5.69. The summed E-state index contributed by atoms with van der Waals surface area (Å²) in [4.78, 5) is 12.3. The minimum Gasteiger partial charge on any atom is -0.495 e. The van der Waals surface area contributed by atoms with Crippen LogP contribution in [-0.4, -0.2) is 38.8 Å². The Balaban J connectivity index is 2.72. The molecule has 0 amide bonds. The van der Waals surface area contributed by atoms with Crippen LogP contribution in [0.1, 0.15) is 5.56 Å². The lowest BCUT2D eigenvalue weighted by atomic mass is 10.1. The van der Waals surface area contributed by atoms with Crippen LogP contribution in [0.3, 0.4) is 0 Å². The lowest BCUT2D eigenvalue weighted by Gasteiger charge is -2.17. The monoisotopic (exact) mass is 238 g/mol. The first kappa shape index (κ1) is 13.3. The van der Waals surface area contributed by atoms with Crippen LogP contribution in [0.2, 0.25) is 0 Å². The van der Waals surface area contributed by atoms with Crippen molar-refractivity contribution >= 4 is 11.7 Å². The van der Waals surface area contributed by atoms with Gasteiger partial charge in [0.2, 0.25) is 0 Å². The number of aliphatic carboxylic acids is 1. The molecule has 5 nitrogen and oxygen atoms in total. The zero-order valence-corrected chi connectivity index (χ0v) is 10.4. The zero-order chi connectivity index (χ0) is 12.8. The van der Waals surface area contributed by atoms with E-state index in [1.165, 1.54) is 0 Å². The normalized spacial score (nSPS) is 10.1. The molecule has 0 saturated heterocycles. The Morgan fingerprint density at radius 3 is 2.71 bits per heavy atom. The van der Waals surface area contributed by atoms with E-state index in [1.54, 1.807) is 7.11 Å². The van der Waals surface area contributed by atoms with E-state index in [-0.39, 0.29) is 6.54 Å². The van der Waals surface area contributed by atoms with Gasteiger partial charge >= 0.3 is 5.97 Å². The summed E-state index contributed by atoms with van der Waals surface area (Å²) in [6.45, 7) is 0.466. The Labute approximate surface area is 101 Å². The number of hydrogen-bond donors (Lipinski definition) is 2. The minimum atomic E-state index is -0.859. The fourth-order valence-corrected chi connectivity index (χ4v) is 1.52. The smallest absolute Gasteiger partial charge is 0.317 e. The molecule has 0 aromatic heterocycles. The van der Waals surface area contributed by atoms with Crippen LogP contribution < -0.4 is 15.0 Å². The lowest BCUT2D eigenvalue weighted by molar-refractivity contribution is -0.135. The van der Waals surface area contributed by atoms with E-state index in [4.69, 9.17) is 9.84 Å². The Kier molecular flexibility index (Phi) is 4.78. The summed E-state index contributed by atoms with van der Waals surface area (Å²) in [5.74, 6) is -0.0773. The van der Waals surface area contributed by atoms with Gasteiger partial charge in [0.25, 0.3) is 0 Å². The second-order valence-electron chi connectivity index (χ2n) is 3.90. The standard InChI is InChI=1S/C12H18N2O3/c1-14(2)10-5-4-9(6-11(10)17-3)7-13-8-12(15)16/h4-6,13H,7-8H2,1-3H3,(H,15,16). The molecule has 1 aromatic carbocycles. The summed E-state index contributed by atoms with van der Waals surface area (Å²) < 4.78 is 5.29. The van der Waals surface area contributed by atoms with Crippen molar-refractivity contribution in [3.63, 3.8) is 0 Å². The molecule has 0 aliphatic rings. The van der Waals surface area contributed by atoms with Gasteiger partial charge in [-0.15, -0.1) is 0 Å². The van der Waals surface area contributed by atoms with E-state index in [2.05, 4.69) is 5.32 Å². The van der Waals surface area contributed by atoms with E-state index >= 15 is 0 Å². The van der Waals surface area contributed by atoms with Crippen LogP contribution >= 0.6 is 0 Å². The van der Waals surface area contributed by atoms with Gasteiger partial charge < -0.3 is 20.1 Å². The van der Waals surface area contributed by atoms with Crippen molar-refractivity contribution in [1.82, 2.24) is 5.32 Å². The minimum absolute atomic E-state index is 0.0439. The number of nitrogens with zero attached hydrogens (tertiary/aromatic N) is 1. The second kappa shape index (κ2) is 6.10. The number of rotatable bonds is 6. The first-order valence-electron chi connectivity index (χ1n) is 5.31. The molecular formula is C12H18N2O3. The number of anilines is 1. The first-order valence-corrected chi connectivity index (χ1v) is 5.31. The van der Waals surface area contributed by atoms with Crippen LogP contribution in [-0.2, 0) is 11.3 Å². The fourth-order valence-electron chi connectivity index (χ4n) is 1.52. The SMILES string of the molecule is COc1cc(CNCC(=O)O)ccc1N(C)C. The maximum absolute atomic E-state index is 10.4. The maximum atomic E-state index is 10.4. The van der Waals surface area contributed by atoms with Crippen molar-refractivity contribution in [3.05, 3.63) is 23.8 Å². The maximum Gasteiger partial charge on any atom is 0.317 e. The van der Waals surface area contributed by atoms with Crippen molar-refractivity contribution in [2.75, 3.05) is 32.6 Å². The van der Waals surface area contributed by atoms with Crippen molar-refractivity contribution in [2.45, 2.75) is 6.54 Å². The number of carbonyl (C=O) groups is 1. The average molecular weight is 238 g/mol. The zero-order valence-electron chi connectivity index (χ0n) is 10.4. The van der Waals surface area contributed by atoms with Crippen molar-refractivity contribution in [1.29, 1.82) is 0 Å². The van der Waals surface area contributed by atoms with Gasteiger partial charge in [-0.1, -0.05) is 6.07 Å². The van der Waals surface area contributed by atoms with Gasteiger partial charge in [-0.05, 0) is 17.7 Å². The molecule has 17 heavy (non-hydrogen) atoms. The summed E-state index contributed by atoms with van der Waals surface area (Å²) in [7, 11) is 5.51. The number of hydrogen-bond acceptors (Lipinski definition) is 4. The Morgan fingerprint density at radius 1 is 1.47 bits per heavy atom. The van der Waals surface area contributed by atoms with E-state index in [9.17, 15) is 4.79 Å². The number of benzene rings is 1. The largest absolute Gasteiger partial charge is 0.495 e. The third kappa shape index (κ3) is 3.96. The highest BCUT2D eigenvalue weighted by Gasteiger charge is 2.06. The molecule has 0 radical (unpaired) electrons. The third-order valence-electron chi connectivity index (χ3n) is 2.33. The second-order valence-corrected chi connectivity index (χ2v) is 3.90. The lowest BCUT2D eigenvalue weighted by Crippen LogP contribution is -2.22. The molecule has 94 valence electrons. The van der Waals surface area contributed by atoms with E-state index in [0.717, 1.165) is 17.0 Å². The summed E-state index contributed by atoms with van der Waals surface area (Å²) in [5, 5.41) is 11.3. The molecular weight excluding hydrogens is 220 g/mol. The Bertz CT molecular complexity index is 391. The average Bonchev–Trinajstić information content (AvgIpc) is 2.28. The number of methoxy groups -OCH3 is 1. The van der Waals surface area contributed by atoms with Gasteiger partial charge in [-0.3, -0.25) is 4.79 Å². The van der Waals surface area contributed by atoms with Crippen LogP contribution in [0, 0.1) is 0 Å². The third-order valence-corrected chi connectivity index (χ3v) is 2.33. The molecule has 0 atom stereocenters. The van der Waals surface area contributed by atoms with Crippen molar-refractivity contribution < 1.29 is 14.6 Å². The fraction of sp³-hybridized carbons (Fsp3) is 0.417. The van der Waals surface area contributed by atoms with Gasteiger partial charge in [0.05, 0.1) is 19.3 Å². The predicted octanol–water partition coefficient (Wildman–Crippen LogP) is 0.935. The summed E-state index contributed by atoms with van der Waals surface area (Å²) in [5.41, 5.74) is 1.99. The molecule has 1 rings (SSSR count). The number of carboxylic acids is 1. The van der Waals surface area contributed by atoms with Gasteiger partial charge in [-0.2, -0.15) is 0 Å². The first-order chi connectivity index (χ1) is 8.04.